The maximum Gasteiger partial charge on any atom is 0.300 e. The fourth-order valence-electron chi connectivity index (χ4n) is 4.02. The van der Waals surface area contributed by atoms with E-state index in [2.05, 4.69) is 0 Å². The minimum Gasteiger partial charge on any atom is -0.508 e. The first-order valence-corrected chi connectivity index (χ1v) is 10.4. The third-order valence-corrected chi connectivity index (χ3v) is 5.70. The smallest absolute Gasteiger partial charge is 0.300 e. The van der Waals surface area contributed by atoms with E-state index in [9.17, 15) is 24.9 Å². The largest absolute Gasteiger partial charge is 0.508 e. The number of carbonyl (C=O) groups excluding carboxylic acids is 2. The average molecular weight is 461 g/mol. The van der Waals surface area contributed by atoms with Crippen LogP contribution in [-0.4, -0.2) is 41.2 Å². The number of nitrogens with zero attached hydrogens (tertiary/aromatic N) is 1. The van der Waals surface area contributed by atoms with Gasteiger partial charge in [-0.05, 0) is 60.5 Å². The Kier molecular flexibility index (Phi) is 5.89. The molecule has 3 aromatic carbocycles. The molecule has 0 aliphatic carbocycles. The topological polar surface area (TPSA) is 117 Å². The molecule has 174 valence electrons. The quantitative estimate of drug-likeness (QED) is 0.298. The molecule has 1 amide bonds. The van der Waals surface area contributed by atoms with Crippen LogP contribution in [0, 0.1) is 6.92 Å². The van der Waals surface area contributed by atoms with Gasteiger partial charge < -0.3 is 24.8 Å². The van der Waals surface area contributed by atoms with Crippen molar-refractivity contribution in [3.8, 4) is 23.0 Å². The van der Waals surface area contributed by atoms with Crippen LogP contribution in [-0.2, 0) is 9.59 Å². The van der Waals surface area contributed by atoms with E-state index >= 15 is 0 Å². The van der Waals surface area contributed by atoms with Crippen LogP contribution < -0.4 is 14.4 Å². The summed E-state index contributed by atoms with van der Waals surface area (Å²) in [5.74, 6) is -1.65. The van der Waals surface area contributed by atoms with E-state index < -0.39 is 23.5 Å². The highest BCUT2D eigenvalue weighted by molar-refractivity contribution is 6.52. The average Bonchev–Trinajstić information content (AvgIpc) is 3.10. The van der Waals surface area contributed by atoms with Gasteiger partial charge in [0.15, 0.2) is 11.5 Å². The van der Waals surface area contributed by atoms with E-state index in [0.717, 1.165) is 10.5 Å². The van der Waals surface area contributed by atoms with Gasteiger partial charge in [0.1, 0.15) is 17.3 Å². The van der Waals surface area contributed by atoms with Gasteiger partial charge in [-0.15, -0.1) is 0 Å². The number of ether oxygens (including phenoxy) is 2. The van der Waals surface area contributed by atoms with Crippen LogP contribution in [0.15, 0.2) is 66.2 Å². The van der Waals surface area contributed by atoms with Crippen molar-refractivity contribution >= 4 is 23.1 Å². The Morgan fingerprint density at radius 1 is 0.882 bits per heavy atom. The molecule has 3 aromatic rings. The Hall–Kier alpha value is -4.46. The van der Waals surface area contributed by atoms with Crippen molar-refractivity contribution in [2.24, 2.45) is 0 Å². The number of hydrogen-bond acceptors (Lipinski definition) is 7. The van der Waals surface area contributed by atoms with E-state index in [0.29, 0.717) is 17.1 Å². The number of aromatic hydroxyl groups is 2. The molecule has 0 radical (unpaired) electrons. The lowest BCUT2D eigenvalue weighted by molar-refractivity contribution is -0.132. The molecule has 4 rings (SSSR count). The van der Waals surface area contributed by atoms with Crippen molar-refractivity contribution in [2.75, 3.05) is 19.1 Å². The van der Waals surface area contributed by atoms with Crippen LogP contribution >= 0.6 is 0 Å². The number of Topliss-reactive ketones (excluding diaryl/α,β-unsaturated/α-hetero) is 1. The standard InChI is InChI=1S/C26H23NO7/c1-14-4-10-19(29)18(12-14)27-23(15-5-8-17(28)9-6-15)22(25(31)26(27)32)24(30)16-7-11-20(33-2)21(13-16)34-3/h4-13,23,28-30H,1-3H3/b24-22-. The third kappa shape index (κ3) is 3.79. The Balaban J connectivity index is 1.97. The van der Waals surface area contributed by atoms with Gasteiger partial charge in [-0.3, -0.25) is 14.5 Å². The van der Waals surface area contributed by atoms with Crippen LogP contribution in [0.4, 0.5) is 5.69 Å². The number of rotatable bonds is 5. The van der Waals surface area contributed by atoms with Gasteiger partial charge in [-0.25, -0.2) is 0 Å². The third-order valence-electron chi connectivity index (χ3n) is 5.70. The number of methoxy groups -OCH3 is 2. The van der Waals surface area contributed by atoms with Crippen molar-refractivity contribution < 1.29 is 34.4 Å². The predicted molar refractivity (Wildman–Crippen MR) is 125 cm³/mol. The van der Waals surface area contributed by atoms with Crippen molar-refractivity contribution in [2.45, 2.75) is 13.0 Å². The molecule has 0 aromatic heterocycles. The highest BCUT2D eigenvalue weighted by atomic mass is 16.5. The summed E-state index contributed by atoms with van der Waals surface area (Å²) in [5.41, 5.74) is 1.43. The van der Waals surface area contributed by atoms with Gasteiger partial charge in [0.05, 0.1) is 31.5 Å². The zero-order chi connectivity index (χ0) is 24.6. The second-order valence-corrected chi connectivity index (χ2v) is 7.82. The summed E-state index contributed by atoms with van der Waals surface area (Å²) in [7, 11) is 2.92. The SMILES string of the molecule is COc1ccc(/C(O)=C2/C(=O)C(=O)N(c3cc(C)ccc3O)C2c2ccc(O)cc2)cc1OC. The highest BCUT2D eigenvalue weighted by Crippen LogP contribution is 2.45. The lowest BCUT2D eigenvalue weighted by atomic mass is 9.94. The van der Waals surface area contributed by atoms with Gasteiger partial charge in [0, 0.05) is 5.56 Å². The molecule has 8 nitrogen and oxygen atoms in total. The van der Waals surface area contributed by atoms with Gasteiger partial charge in [-0.1, -0.05) is 18.2 Å². The van der Waals surface area contributed by atoms with Crippen LogP contribution in [0.3, 0.4) is 0 Å². The molecule has 1 aliphatic rings. The van der Waals surface area contributed by atoms with Crippen molar-refractivity contribution in [3.05, 3.63) is 82.9 Å². The van der Waals surface area contributed by atoms with Crippen LogP contribution in [0.1, 0.15) is 22.7 Å². The second-order valence-electron chi connectivity index (χ2n) is 7.82. The molecule has 8 heteroatoms. The molecule has 1 heterocycles. The predicted octanol–water partition coefficient (Wildman–Crippen LogP) is 4.05. The van der Waals surface area contributed by atoms with Gasteiger partial charge >= 0.3 is 0 Å². The molecule has 1 atom stereocenters. The number of ketones is 1. The number of phenolic OH excluding ortho intramolecular Hbond substituents is 2. The number of phenols is 2. The summed E-state index contributed by atoms with van der Waals surface area (Å²) in [6, 6.07) is 14.2. The number of aryl methyl sites for hydroxylation is 1. The number of carbonyl (C=O) groups is 2. The van der Waals surface area contributed by atoms with Crippen LogP contribution in [0.25, 0.3) is 5.76 Å². The molecule has 1 unspecified atom stereocenters. The van der Waals surface area contributed by atoms with E-state index in [1.54, 1.807) is 43.3 Å². The summed E-state index contributed by atoms with van der Waals surface area (Å²) in [5, 5.41) is 31.5. The minimum atomic E-state index is -1.05. The number of hydrogen-bond donors (Lipinski definition) is 3. The molecule has 1 aliphatic heterocycles. The van der Waals surface area contributed by atoms with Crippen molar-refractivity contribution in [1.29, 1.82) is 0 Å². The summed E-state index contributed by atoms with van der Waals surface area (Å²) in [4.78, 5) is 27.6. The Labute approximate surface area is 195 Å². The maximum atomic E-state index is 13.2. The second kappa shape index (κ2) is 8.82. The summed E-state index contributed by atoms with van der Waals surface area (Å²) >= 11 is 0. The van der Waals surface area contributed by atoms with Crippen molar-refractivity contribution in [1.82, 2.24) is 0 Å². The molecule has 3 N–H and O–H groups in total. The van der Waals surface area contributed by atoms with E-state index in [1.807, 2.05) is 0 Å². The molecule has 1 fully saturated rings. The highest BCUT2D eigenvalue weighted by Gasteiger charge is 2.47. The number of amides is 1. The molecule has 0 saturated carbocycles. The fourth-order valence-corrected chi connectivity index (χ4v) is 4.02. The van der Waals surface area contributed by atoms with Crippen LogP contribution in [0.2, 0.25) is 0 Å². The first-order chi connectivity index (χ1) is 16.3. The number of aliphatic hydroxyl groups excluding tert-OH is 1. The molecular weight excluding hydrogens is 438 g/mol. The fraction of sp³-hybridized carbons (Fsp3) is 0.154. The molecule has 0 spiro atoms. The monoisotopic (exact) mass is 461 g/mol. The zero-order valence-electron chi connectivity index (χ0n) is 18.8. The first-order valence-electron chi connectivity index (χ1n) is 10.4. The molecular formula is C26H23NO7. The van der Waals surface area contributed by atoms with E-state index in [4.69, 9.17) is 9.47 Å². The minimum absolute atomic E-state index is 0.000930. The van der Waals surface area contributed by atoms with Gasteiger partial charge in [-0.2, -0.15) is 0 Å². The molecule has 0 bridgehead atoms. The van der Waals surface area contributed by atoms with Crippen LogP contribution in [0.5, 0.6) is 23.0 Å². The first kappa shape index (κ1) is 22.7. The number of aliphatic hydroxyl groups is 1. The zero-order valence-corrected chi connectivity index (χ0v) is 18.8. The van der Waals surface area contributed by atoms with Gasteiger partial charge in [0.2, 0.25) is 0 Å². The number of benzene rings is 3. The Morgan fingerprint density at radius 2 is 1.56 bits per heavy atom. The normalized spacial score (nSPS) is 17.1. The summed E-state index contributed by atoms with van der Waals surface area (Å²) < 4.78 is 10.5. The summed E-state index contributed by atoms with van der Waals surface area (Å²) in [6.07, 6.45) is 0. The van der Waals surface area contributed by atoms with E-state index in [1.165, 1.54) is 38.5 Å². The van der Waals surface area contributed by atoms with Crippen molar-refractivity contribution in [3.63, 3.8) is 0 Å². The molecule has 1 saturated heterocycles. The Bertz CT molecular complexity index is 1310. The molecule has 34 heavy (non-hydrogen) atoms. The maximum absolute atomic E-state index is 13.2. The van der Waals surface area contributed by atoms with Gasteiger partial charge in [0.25, 0.3) is 11.7 Å². The Morgan fingerprint density at radius 3 is 2.21 bits per heavy atom. The lowest BCUT2D eigenvalue weighted by Crippen LogP contribution is -2.29. The lowest BCUT2D eigenvalue weighted by Gasteiger charge is -2.26. The summed E-state index contributed by atoms with van der Waals surface area (Å²) in [6.45, 7) is 1.79. The number of anilines is 1. The van der Waals surface area contributed by atoms with E-state index in [-0.39, 0.29) is 28.3 Å².